The monoisotopic (exact) mass is 377 g/mol. The van der Waals surface area contributed by atoms with Gasteiger partial charge in [-0.25, -0.2) is 0 Å². The number of hydrogen-bond donors (Lipinski definition) is 1. The van der Waals surface area contributed by atoms with Crippen molar-refractivity contribution in [3.63, 3.8) is 0 Å². The van der Waals surface area contributed by atoms with Gasteiger partial charge in [-0.1, -0.05) is 32.4 Å². The van der Waals surface area contributed by atoms with E-state index in [1.54, 1.807) is 6.20 Å². The second-order valence-corrected chi connectivity index (χ2v) is 8.50. The number of halogens is 1. The van der Waals surface area contributed by atoms with Gasteiger partial charge in [-0.3, -0.25) is 14.7 Å². The summed E-state index contributed by atoms with van der Waals surface area (Å²) in [5.41, 5.74) is 2.75. The van der Waals surface area contributed by atoms with Gasteiger partial charge in [0.1, 0.15) is 0 Å². The first-order chi connectivity index (χ1) is 12.2. The van der Waals surface area contributed by atoms with Crippen molar-refractivity contribution in [1.82, 2.24) is 15.1 Å². The number of amides is 1. The molecule has 140 valence electrons. The molecule has 2 heterocycles. The lowest BCUT2D eigenvalue weighted by atomic mass is 9.92. The van der Waals surface area contributed by atoms with Gasteiger partial charge in [-0.15, -0.1) is 0 Å². The number of methoxy groups -OCH3 is 1. The van der Waals surface area contributed by atoms with Crippen molar-refractivity contribution >= 4 is 34.4 Å². The fourth-order valence-corrected chi connectivity index (χ4v) is 3.86. The van der Waals surface area contributed by atoms with Crippen molar-refractivity contribution in [3.8, 4) is 0 Å². The van der Waals surface area contributed by atoms with Crippen molar-refractivity contribution in [2.75, 3.05) is 13.7 Å². The molecule has 1 amide bonds. The van der Waals surface area contributed by atoms with Crippen molar-refractivity contribution in [1.29, 1.82) is 0 Å². The highest BCUT2D eigenvalue weighted by molar-refractivity contribution is 6.35. The molecular weight excluding hydrogens is 354 g/mol. The molecule has 7 heteroatoms. The average molecular weight is 378 g/mol. The molecule has 1 aromatic heterocycles. The van der Waals surface area contributed by atoms with Crippen molar-refractivity contribution in [2.45, 2.75) is 40.2 Å². The number of rotatable bonds is 3. The molecule has 0 radical (unpaired) electrons. The number of H-pyrrole nitrogens is 1. The predicted octanol–water partition coefficient (Wildman–Crippen LogP) is 3.33. The predicted molar refractivity (Wildman–Crippen MR) is 99.8 cm³/mol. The number of fused-ring (bicyclic) bond motifs is 3. The van der Waals surface area contributed by atoms with E-state index in [1.165, 1.54) is 7.11 Å². The molecular formula is C19H24ClN3O3. The number of nitrogens with zero attached hydrogens (tertiary/aromatic N) is 2. The van der Waals surface area contributed by atoms with Gasteiger partial charge in [0.05, 0.1) is 36.2 Å². The first-order valence-electron chi connectivity index (χ1n) is 8.68. The number of ether oxygens (including phenoxy) is 1. The van der Waals surface area contributed by atoms with Crippen LogP contribution < -0.4 is 0 Å². The van der Waals surface area contributed by atoms with E-state index in [0.717, 1.165) is 22.0 Å². The number of nitrogens with one attached hydrogen (secondary N) is 1. The van der Waals surface area contributed by atoms with Crippen molar-refractivity contribution in [3.05, 3.63) is 28.4 Å². The molecule has 3 rings (SSSR count). The van der Waals surface area contributed by atoms with Gasteiger partial charge in [0, 0.05) is 18.5 Å². The summed E-state index contributed by atoms with van der Waals surface area (Å²) in [5.74, 6) is -0.848. The normalized spacial score (nSPS) is 18.0. The molecule has 0 fully saturated rings. The second kappa shape index (κ2) is 6.91. The van der Waals surface area contributed by atoms with Crippen LogP contribution in [0.1, 0.15) is 38.3 Å². The quantitative estimate of drug-likeness (QED) is 0.832. The molecule has 0 aliphatic carbocycles. The van der Waals surface area contributed by atoms with Gasteiger partial charge >= 0.3 is 5.97 Å². The highest BCUT2D eigenvalue weighted by Gasteiger charge is 2.34. The fourth-order valence-electron chi connectivity index (χ4n) is 3.58. The van der Waals surface area contributed by atoms with Gasteiger partial charge in [0.25, 0.3) is 0 Å². The summed E-state index contributed by atoms with van der Waals surface area (Å²) < 4.78 is 4.80. The minimum Gasteiger partial charge on any atom is -0.469 e. The molecule has 0 saturated carbocycles. The third-order valence-electron chi connectivity index (χ3n) is 4.67. The van der Waals surface area contributed by atoms with E-state index in [4.69, 9.17) is 16.3 Å². The second-order valence-electron chi connectivity index (χ2n) is 8.09. The van der Waals surface area contributed by atoms with Crippen molar-refractivity contribution in [2.24, 2.45) is 11.3 Å². The van der Waals surface area contributed by atoms with Crippen LogP contribution in [0.2, 0.25) is 5.02 Å². The van der Waals surface area contributed by atoms with Crippen LogP contribution in [0.4, 0.5) is 0 Å². The van der Waals surface area contributed by atoms with Crippen LogP contribution in [0.25, 0.3) is 10.9 Å². The first kappa shape index (κ1) is 18.7. The topological polar surface area (TPSA) is 75.3 Å². The molecule has 0 spiro atoms. The van der Waals surface area contributed by atoms with Crippen LogP contribution >= 0.6 is 11.6 Å². The van der Waals surface area contributed by atoms with Gasteiger partial charge < -0.3 is 9.64 Å². The number of esters is 1. The first-order valence-corrected chi connectivity index (χ1v) is 9.06. The molecule has 26 heavy (non-hydrogen) atoms. The lowest BCUT2D eigenvalue weighted by molar-refractivity contribution is -0.147. The number of hydrogen-bond acceptors (Lipinski definition) is 4. The summed E-state index contributed by atoms with van der Waals surface area (Å²) in [6.45, 7) is 7.37. The van der Waals surface area contributed by atoms with Crippen LogP contribution in [0.5, 0.6) is 0 Å². The number of carbonyl (C=O) groups is 2. The Kier molecular flexibility index (Phi) is 4.97. The number of aromatic amines is 1. The van der Waals surface area contributed by atoms with Gasteiger partial charge in [0.15, 0.2) is 0 Å². The van der Waals surface area contributed by atoms with E-state index in [1.807, 2.05) is 11.0 Å². The highest BCUT2D eigenvalue weighted by atomic mass is 35.5. The fraction of sp³-hybridized carbons (Fsp3) is 0.526. The zero-order valence-electron chi connectivity index (χ0n) is 15.6. The summed E-state index contributed by atoms with van der Waals surface area (Å²) in [5, 5.41) is 8.54. The molecule has 2 aromatic rings. The van der Waals surface area contributed by atoms with Crippen LogP contribution in [-0.2, 0) is 27.3 Å². The summed E-state index contributed by atoms with van der Waals surface area (Å²) in [6.07, 6.45) is 2.28. The minimum atomic E-state index is -0.452. The van der Waals surface area contributed by atoms with Crippen LogP contribution in [0, 0.1) is 11.3 Å². The Morgan fingerprint density at radius 1 is 1.46 bits per heavy atom. The SMILES string of the molecule is COC(=O)C[C@@H]1Cc2cc(Cl)c3[nH]ncc3c2CN(CC(C)(C)C)C1=O. The smallest absolute Gasteiger partial charge is 0.306 e. The number of carbonyl (C=O) groups excluding carboxylic acids is 2. The zero-order chi connectivity index (χ0) is 19.1. The lowest BCUT2D eigenvalue weighted by Gasteiger charge is -2.31. The standard InChI is InChI=1S/C19H24ClN3O3/c1-19(2,3)10-23-9-14-11(5-12(18(23)25)7-16(24)26-4)6-15(20)17-13(14)8-21-22-17/h6,8,12H,5,7,9-10H2,1-4H3,(H,21,22)/t12-/m0/s1. The zero-order valence-corrected chi connectivity index (χ0v) is 16.3. The Morgan fingerprint density at radius 2 is 2.19 bits per heavy atom. The Bertz CT molecular complexity index is 854. The molecule has 1 atom stereocenters. The molecule has 0 unspecified atom stereocenters. The molecule has 0 saturated heterocycles. The van der Waals surface area contributed by atoms with Crippen LogP contribution in [0.15, 0.2) is 12.3 Å². The van der Waals surface area contributed by atoms with E-state index in [-0.39, 0.29) is 23.7 Å². The van der Waals surface area contributed by atoms with Crippen molar-refractivity contribution < 1.29 is 14.3 Å². The summed E-state index contributed by atoms with van der Waals surface area (Å²) in [4.78, 5) is 26.9. The maximum Gasteiger partial charge on any atom is 0.306 e. The largest absolute Gasteiger partial charge is 0.469 e. The molecule has 6 nitrogen and oxygen atoms in total. The van der Waals surface area contributed by atoms with Gasteiger partial charge in [-0.2, -0.15) is 5.10 Å². The van der Waals surface area contributed by atoms with Crippen LogP contribution in [0.3, 0.4) is 0 Å². The minimum absolute atomic E-state index is 0.0192. The van der Waals surface area contributed by atoms with Crippen LogP contribution in [-0.4, -0.2) is 40.6 Å². The summed E-state index contributed by atoms with van der Waals surface area (Å²) in [6, 6.07) is 1.88. The maximum atomic E-state index is 13.2. The number of aromatic nitrogens is 2. The Hall–Kier alpha value is -2.08. The molecule has 0 bridgehead atoms. The van der Waals surface area contributed by atoms with E-state index in [2.05, 4.69) is 31.0 Å². The maximum absolute atomic E-state index is 13.2. The molecule has 1 aromatic carbocycles. The lowest BCUT2D eigenvalue weighted by Crippen LogP contribution is -2.40. The van der Waals surface area contributed by atoms with E-state index in [0.29, 0.717) is 24.5 Å². The third kappa shape index (κ3) is 3.70. The Balaban J connectivity index is 2.08. The molecule has 1 aliphatic heterocycles. The summed E-state index contributed by atoms with van der Waals surface area (Å²) in [7, 11) is 1.34. The highest BCUT2D eigenvalue weighted by Crippen LogP contribution is 2.35. The Labute approximate surface area is 157 Å². The third-order valence-corrected chi connectivity index (χ3v) is 4.97. The molecule has 1 aliphatic rings. The molecule has 1 N–H and O–H groups in total. The van der Waals surface area contributed by atoms with Gasteiger partial charge in [-0.05, 0) is 29.0 Å². The van der Waals surface area contributed by atoms with E-state index in [9.17, 15) is 9.59 Å². The van der Waals surface area contributed by atoms with E-state index < -0.39 is 5.92 Å². The van der Waals surface area contributed by atoms with Gasteiger partial charge in [0.2, 0.25) is 5.91 Å². The Morgan fingerprint density at radius 3 is 2.85 bits per heavy atom. The van der Waals surface area contributed by atoms with E-state index >= 15 is 0 Å². The average Bonchev–Trinajstić information content (AvgIpc) is 3.00. The number of benzene rings is 1. The summed E-state index contributed by atoms with van der Waals surface area (Å²) >= 11 is 6.39.